The molecule has 1 aromatic rings. The van der Waals surface area contributed by atoms with Crippen LogP contribution in [0.2, 0.25) is 0 Å². The predicted molar refractivity (Wildman–Crippen MR) is 77.8 cm³/mol. The van der Waals surface area contributed by atoms with Crippen molar-refractivity contribution in [1.82, 2.24) is 0 Å². The van der Waals surface area contributed by atoms with Gasteiger partial charge in [0.05, 0.1) is 13.2 Å². The molecule has 0 radical (unpaired) electrons. The monoisotopic (exact) mass is 310 g/mol. The zero-order chi connectivity index (χ0) is 15.9. The van der Waals surface area contributed by atoms with Gasteiger partial charge in [-0.1, -0.05) is 0 Å². The topological polar surface area (TPSA) is 66.4 Å². The molecule has 6 nitrogen and oxygen atoms in total. The Labute approximate surface area is 129 Å². The molecule has 2 saturated heterocycles. The van der Waals surface area contributed by atoms with Crippen LogP contribution in [0.1, 0.15) is 20.8 Å². The van der Waals surface area contributed by atoms with E-state index in [9.17, 15) is 5.11 Å². The molecule has 122 valence electrons. The van der Waals surface area contributed by atoms with Crippen LogP contribution in [0.25, 0.3) is 0 Å². The van der Waals surface area contributed by atoms with E-state index in [4.69, 9.17) is 23.7 Å². The number of aliphatic hydroxyl groups excluding tert-OH is 1. The number of methoxy groups -OCH3 is 1. The maximum Gasteiger partial charge on any atom is 0.229 e. The lowest BCUT2D eigenvalue weighted by molar-refractivity contribution is -0.241. The highest BCUT2D eigenvalue weighted by Crippen LogP contribution is 2.38. The fourth-order valence-electron chi connectivity index (χ4n) is 2.81. The molecule has 2 aliphatic rings. The molecule has 0 spiro atoms. The van der Waals surface area contributed by atoms with Crippen LogP contribution in [0.3, 0.4) is 0 Å². The number of hydrogen-bond acceptors (Lipinski definition) is 6. The Morgan fingerprint density at radius 1 is 1.05 bits per heavy atom. The highest BCUT2D eigenvalue weighted by atomic mass is 16.8. The Balaban J connectivity index is 1.77. The molecular formula is C16H22O6. The first kappa shape index (κ1) is 15.6. The Morgan fingerprint density at radius 2 is 1.64 bits per heavy atom. The van der Waals surface area contributed by atoms with Gasteiger partial charge in [-0.2, -0.15) is 0 Å². The molecule has 0 aromatic heterocycles. The Hall–Kier alpha value is -1.34. The van der Waals surface area contributed by atoms with E-state index in [-0.39, 0.29) is 0 Å². The van der Waals surface area contributed by atoms with Crippen molar-refractivity contribution in [3.63, 3.8) is 0 Å². The van der Waals surface area contributed by atoms with E-state index < -0.39 is 36.5 Å². The fraction of sp³-hybridized carbons (Fsp3) is 0.625. The van der Waals surface area contributed by atoms with Gasteiger partial charge in [0.1, 0.15) is 23.7 Å². The number of aliphatic hydroxyl groups is 1. The average Bonchev–Trinajstić information content (AvgIpc) is 2.81. The molecular weight excluding hydrogens is 288 g/mol. The van der Waals surface area contributed by atoms with E-state index in [1.54, 1.807) is 26.2 Å². The Bertz CT molecular complexity index is 514. The van der Waals surface area contributed by atoms with Gasteiger partial charge in [0.2, 0.25) is 6.29 Å². The molecule has 0 amide bonds. The van der Waals surface area contributed by atoms with Crippen LogP contribution >= 0.6 is 0 Å². The minimum Gasteiger partial charge on any atom is -0.497 e. The third-order valence-corrected chi connectivity index (χ3v) is 3.91. The summed E-state index contributed by atoms with van der Waals surface area (Å²) in [5.74, 6) is 0.618. The van der Waals surface area contributed by atoms with Crippen molar-refractivity contribution >= 4 is 0 Å². The summed E-state index contributed by atoms with van der Waals surface area (Å²) in [6.45, 7) is 5.42. The second-order valence-corrected chi connectivity index (χ2v) is 6.06. The summed E-state index contributed by atoms with van der Waals surface area (Å²) in [6, 6.07) is 7.22. The minimum atomic E-state index is -0.773. The van der Waals surface area contributed by atoms with Crippen LogP contribution in [-0.2, 0) is 14.2 Å². The zero-order valence-corrected chi connectivity index (χ0v) is 13.2. The van der Waals surface area contributed by atoms with Crippen molar-refractivity contribution in [2.45, 2.75) is 57.3 Å². The normalized spacial score (nSPS) is 36.7. The summed E-state index contributed by atoms with van der Waals surface area (Å²) in [5, 5.41) is 10.2. The van der Waals surface area contributed by atoms with Gasteiger partial charge >= 0.3 is 0 Å². The molecule has 3 rings (SSSR count). The van der Waals surface area contributed by atoms with Crippen LogP contribution in [-0.4, -0.2) is 48.7 Å². The first-order valence-electron chi connectivity index (χ1n) is 7.39. The van der Waals surface area contributed by atoms with Crippen molar-refractivity contribution in [2.75, 3.05) is 7.11 Å². The van der Waals surface area contributed by atoms with Crippen LogP contribution < -0.4 is 9.47 Å². The molecule has 0 saturated carbocycles. The minimum absolute atomic E-state index is 0.401. The van der Waals surface area contributed by atoms with Crippen molar-refractivity contribution in [1.29, 1.82) is 0 Å². The van der Waals surface area contributed by atoms with Gasteiger partial charge in [-0.25, -0.2) is 0 Å². The molecule has 1 aromatic carbocycles. The third kappa shape index (κ3) is 2.92. The van der Waals surface area contributed by atoms with Gasteiger partial charge in [-0.3, -0.25) is 0 Å². The third-order valence-electron chi connectivity index (χ3n) is 3.91. The van der Waals surface area contributed by atoms with E-state index >= 15 is 0 Å². The maximum atomic E-state index is 10.2. The quantitative estimate of drug-likeness (QED) is 0.916. The first-order valence-corrected chi connectivity index (χ1v) is 7.39. The highest BCUT2D eigenvalue weighted by molar-refractivity contribution is 5.31. The fourth-order valence-corrected chi connectivity index (χ4v) is 2.81. The summed E-state index contributed by atoms with van der Waals surface area (Å²) >= 11 is 0. The molecule has 5 atom stereocenters. The SMILES string of the molecule is COc1ccc(O[C@H]2O[C@H](C)[C@@H](O)[C@@H]3OC(C)(C)O[C@H]23)cc1. The van der Waals surface area contributed by atoms with Crippen molar-refractivity contribution < 1.29 is 28.8 Å². The summed E-state index contributed by atoms with van der Waals surface area (Å²) in [5.41, 5.74) is 0. The zero-order valence-electron chi connectivity index (χ0n) is 13.2. The van der Waals surface area contributed by atoms with E-state index in [0.717, 1.165) is 5.75 Å². The van der Waals surface area contributed by atoms with Crippen molar-refractivity contribution in [2.24, 2.45) is 0 Å². The standard InChI is InChI=1S/C16H22O6/c1-9-12(17)13-14(22-16(2,3)21-13)15(19-9)20-11-7-5-10(18-4)6-8-11/h5-9,12-15,17H,1-4H3/t9-,12-,13+,14+,15-/m1/s1. The van der Waals surface area contributed by atoms with Gasteiger partial charge in [-0.15, -0.1) is 0 Å². The van der Waals surface area contributed by atoms with Gasteiger partial charge in [0.15, 0.2) is 11.9 Å². The summed E-state index contributed by atoms with van der Waals surface area (Å²) in [7, 11) is 1.61. The molecule has 6 heteroatoms. The van der Waals surface area contributed by atoms with Crippen LogP contribution in [0.4, 0.5) is 0 Å². The predicted octanol–water partition coefficient (Wildman–Crippen LogP) is 1.70. The van der Waals surface area contributed by atoms with E-state index in [2.05, 4.69) is 0 Å². The van der Waals surface area contributed by atoms with Crippen LogP contribution in [0.5, 0.6) is 11.5 Å². The van der Waals surface area contributed by atoms with Gasteiger partial charge in [-0.05, 0) is 45.0 Å². The molecule has 22 heavy (non-hydrogen) atoms. The Morgan fingerprint density at radius 3 is 2.27 bits per heavy atom. The number of rotatable bonds is 3. The molecule has 1 N–H and O–H groups in total. The molecule has 0 unspecified atom stereocenters. The van der Waals surface area contributed by atoms with Crippen molar-refractivity contribution in [3.05, 3.63) is 24.3 Å². The molecule has 2 aliphatic heterocycles. The lowest BCUT2D eigenvalue weighted by Crippen LogP contribution is -2.56. The largest absolute Gasteiger partial charge is 0.497 e. The van der Waals surface area contributed by atoms with Gasteiger partial charge in [0, 0.05) is 0 Å². The van der Waals surface area contributed by atoms with Gasteiger partial charge < -0.3 is 28.8 Å². The van der Waals surface area contributed by atoms with Gasteiger partial charge in [0.25, 0.3) is 0 Å². The summed E-state index contributed by atoms with van der Waals surface area (Å²) in [4.78, 5) is 0. The number of benzene rings is 1. The molecule has 2 fully saturated rings. The van der Waals surface area contributed by atoms with E-state index in [1.165, 1.54) is 0 Å². The summed E-state index contributed by atoms with van der Waals surface area (Å²) in [6.07, 6.45) is -2.74. The smallest absolute Gasteiger partial charge is 0.229 e. The second kappa shape index (κ2) is 5.70. The maximum absolute atomic E-state index is 10.2. The number of ether oxygens (including phenoxy) is 5. The van der Waals surface area contributed by atoms with Crippen LogP contribution in [0.15, 0.2) is 24.3 Å². The lowest BCUT2D eigenvalue weighted by Gasteiger charge is -2.38. The summed E-state index contributed by atoms with van der Waals surface area (Å²) < 4.78 is 28.4. The molecule has 0 bridgehead atoms. The highest BCUT2D eigenvalue weighted by Gasteiger charge is 2.54. The second-order valence-electron chi connectivity index (χ2n) is 6.06. The lowest BCUT2D eigenvalue weighted by atomic mass is 10.00. The van der Waals surface area contributed by atoms with Crippen LogP contribution in [0, 0.1) is 0 Å². The first-order chi connectivity index (χ1) is 10.4. The van der Waals surface area contributed by atoms with E-state index in [0.29, 0.717) is 5.75 Å². The molecule has 2 heterocycles. The number of fused-ring (bicyclic) bond motifs is 1. The average molecular weight is 310 g/mol. The number of hydrogen-bond donors (Lipinski definition) is 1. The Kier molecular flexibility index (Phi) is 4.03. The van der Waals surface area contributed by atoms with E-state index in [1.807, 2.05) is 26.0 Å². The van der Waals surface area contributed by atoms with Crippen molar-refractivity contribution in [3.8, 4) is 11.5 Å². The molecule has 0 aliphatic carbocycles.